The Morgan fingerprint density at radius 3 is 3.16 bits per heavy atom. The Hall–Kier alpha value is -1.97. The molecule has 3 rings (SSSR count). The third-order valence-corrected chi connectivity index (χ3v) is 3.42. The van der Waals surface area contributed by atoms with Gasteiger partial charge < -0.3 is 14.5 Å². The predicted octanol–water partition coefficient (Wildman–Crippen LogP) is 3.56. The van der Waals surface area contributed by atoms with Crippen LogP contribution in [0, 0.1) is 0 Å². The van der Waals surface area contributed by atoms with Gasteiger partial charge in [-0.3, -0.25) is 0 Å². The number of anilines is 1. The Labute approximate surface area is 112 Å². The molecule has 0 radical (unpaired) electrons. The zero-order chi connectivity index (χ0) is 13.1. The third kappa shape index (κ3) is 2.57. The van der Waals surface area contributed by atoms with E-state index in [1.165, 1.54) is 5.56 Å². The van der Waals surface area contributed by atoms with Crippen molar-refractivity contribution in [2.45, 2.75) is 32.2 Å². The van der Waals surface area contributed by atoms with Crippen molar-refractivity contribution in [3.63, 3.8) is 0 Å². The maximum Gasteiger partial charge on any atom is 0.213 e. The van der Waals surface area contributed by atoms with Gasteiger partial charge in [0.25, 0.3) is 0 Å². The molecule has 1 N–H and O–H groups in total. The molecule has 0 amide bonds. The summed E-state index contributed by atoms with van der Waals surface area (Å²) in [5.74, 6) is 1.78. The van der Waals surface area contributed by atoms with Crippen LogP contribution in [-0.2, 0) is 6.42 Å². The maximum atomic E-state index is 5.50. The minimum absolute atomic E-state index is 0.322. The van der Waals surface area contributed by atoms with Gasteiger partial charge in [-0.25, -0.2) is 4.98 Å². The van der Waals surface area contributed by atoms with Gasteiger partial charge in [0.05, 0.1) is 30.8 Å². The number of pyridine rings is 1. The molecule has 0 aromatic carbocycles. The van der Waals surface area contributed by atoms with E-state index in [0.29, 0.717) is 18.5 Å². The number of ether oxygens (including phenoxy) is 1. The topological polar surface area (TPSA) is 47.3 Å². The molecule has 1 unspecified atom stereocenters. The summed E-state index contributed by atoms with van der Waals surface area (Å²) in [7, 11) is 0. The van der Waals surface area contributed by atoms with Crippen molar-refractivity contribution >= 4 is 5.69 Å². The van der Waals surface area contributed by atoms with Gasteiger partial charge in [0, 0.05) is 18.1 Å². The van der Waals surface area contributed by atoms with Gasteiger partial charge in [-0.2, -0.15) is 0 Å². The van der Waals surface area contributed by atoms with Crippen molar-refractivity contribution in [1.82, 2.24) is 4.98 Å². The fraction of sp³-hybridized carbons (Fsp3) is 0.400. The van der Waals surface area contributed by atoms with E-state index in [4.69, 9.17) is 9.15 Å². The molecular weight excluding hydrogens is 240 g/mol. The van der Waals surface area contributed by atoms with Crippen molar-refractivity contribution in [3.8, 4) is 5.88 Å². The highest BCUT2D eigenvalue weighted by atomic mass is 16.5. The molecule has 100 valence electrons. The van der Waals surface area contributed by atoms with Crippen LogP contribution in [0.15, 0.2) is 35.1 Å². The molecule has 1 atom stereocenters. The SMILES string of the molecule is CCOc1ccc(NC2CCCc3occc32)cn1. The van der Waals surface area contributed by atoms with E-state index in [-0.39, 0.29) is 0 Å². The fourth-order valence-corrected chi connectivity index (χ4v) is 2.54. The number of hydrogen-bond acceptors (Lipinski definition) is 4. The lowest BCUT2D eigenvalue weighted by atomic mass is 9.93. The molecule has 0 fully saturated rings. The molecule has 4 heteroatoms. The average molecular weight is 258 g/mol. The molecule has 1 aliphatic rings. The molecule has 2 aromatic heterocycles. The summed E-state index contributed by atoms with van der Waals surface area (Å²) >= 11 is 0. The Kier molecular flexibility index (Phi) is 3.40. The van der Waals surface area contributed by atoms with Crippen molar-refractivity contribution in [2.75, 3.05) is 11.9 Å². The molecule has 0 spiro atoms. The second kappa shape index (κ2) is 5.34. The van der Waals surface area contributed by atoms with Crippen LogP contribution >= 0.6 is 0 Å². The lowest BCUT2D eigenvalue weighted by molar-refractivity contribution is 0.327. The number of nitrogens with zero attached hydrogens (tertiary/aromatic N) is 1. The first-order chi connectivity index (χ1) is 9.36. The monoisotopic (exact) mass is 258 g/mol. The van der Waals surface area contributed by atoms with Crippen LogP contribution in [0.5, 0.6) is 5.88 Å². The Bertz CT molecular complexity index is 533. The molecule has 0 bridgehead atoms. The standard InChI is InChI=1S/C15H18N2O2/c1-2-18-15-7-6-11(10-16-15)17-13-4-3-5-14-12(13)8-9-19-14/h6-10,13,17H,2-5H2,1H3. The van der Waals surface area contributed by atoms with Crippen LogP contribution in [0.2, 0.25) is 0 Å². The van der Waals surface area contributed by atoms with E-state index in [0.717, 1.165) is 30.7 Å². The third-order valence-electron chi connectivity index (χ3n) is 3.42. The summed E-state index contributed by atoms with van der Waals surface area (Å²) in [5.41, 5.74) is 2.29. The van der Waals surface area contributed by atoms with Crippen LogP contribution in [0.25, 0.3) is 0 Å². The maximum absolute atomic E-state index is 5.50. The van der Waals surface area contributed by atoms with Gasteiger partial charge in [-0.1, -0.05) is 0 Å². The Balaban J connectivity index is 1.72. The highest BCUT2D eigenvalue weighted by Crippen LogP contribution is 2.33. The van der Waals surface area contributed by atoms with E-state index >= 15 is 0 Å². The zero-order valence-electron chi connectivity index (χ0n) is 11.1. The van der Waals surface area contributed by atoms with Crippen LogP contribution in [0.1, 0.15) is 37.1 Å². The van der Waals surface area contributed by atoms with Crippen LogP contribution < -0.4 is 10.1 Å². The van der Waals surface area contributed by atoms with Gasteiger partial charge in [0.1, 0.15) is 5.76 Å². The number of nitrogens with one attached hydrogen (secondary N) is 1. The fourth-order valence-electron chi connectivity index (χ4n) is 2.54. The summed E-state index contributed by atoms with van der Waals surface area (Å²) < 4.78 is 10.8. The summed E-state index contributed by atoms with van der Waals surface area (Å²) in [6.45, 7) is 2.59. The lowest BCUT2D eigenvalue weighted by Gasteiger charge is -2.23. The average Bonchev–Trinajstić information content (AvgIpc) is 2.91. The quantitative estimate of drug-likeness (QED) is 0.910. The van der Waals surface area contributed by atoms with Gasteiger partial charge in [0.2, 0.25) is 5.88 Å². The van der Waals surface area contributed by atoms with Crippen molar-refractivity contribution in [3.05, 3.63) is 42.0 Å². The smallest absolute Gasteiger partial charge is 0.213 e. The van der Waals surface area contributed by atoms with E-state index in [1.807, 2.05) is 25.3 Å². The lowest BCUT2D eigenvalue weighted by Crippen LogP contribution is -2.15. The summed E-state index contributed by atoms with van der Waals surface area (Å²) in [6.07, 6.45) is 6.92. The predicted molar refractivity (Wildman–Crippen MR) is 73.4 cm³/mol. The van der Waals surface area contributed by atoms with E-state index < -0.39 is 0 Å². The highest BCUT2D eigenvalue weighted by molar-refractivity contribution is 5.45. The first-order valence-electron chi connectivity index (χ1n) is 6.78. The number of fused-ring (bicyclic) bond motifs is 1. The number of rotatable bonds is 4. The molecule has 4 nitrogen and oxygen atoms in total. The van der Waals surface area contributed by atoms with Crippen LogP contribution in [-0.4, -0.2) is 11.6 Å². The van der Waals surface area contributed by atoms with E-state index in [1.54, 1.807) is 6.26 Å². The molecular formula is C15H18N2O2. The van der Waals surface area contributed by atoms with E-state index in [9.17, 15) is 0 Å². The normalized spacial score (nSPS) is 17.8. The number of furan rings is 1. The van der Waals surface area contributed by atoms with Gasteiger partial charge in [-0.05, 0) is 31.9 Å². The second-order valence-corrected chi connectivity index (χ2v) is 4.71. The molecule has 2 heterocycles. The molecule has 2 aromatic rings. The Morgan fingerprint density at radius 2 is 2.37 bits per heavy atom. The van der Waals surface area contributed by atoms with Gasteiger partial charge in [0.15, 0.2) is 0 Å². The summed E-state index contributed by atoms with van der Waals surface area (Å²) in [4.78, 5) is 4.27. The zero-order valence-corrected chi connectivity index (χ0v) is 11.1. The Morgan fingerprint density at radius 1 is 1.42 bits per heavy atom. The first kappa shape index (κ1) is 12.1. The van der Waals surface area contributed by atoms with Gasteiger partial charge >= 0.3 is 0 Å². The van der Waals surface area contributed by atoms with E-state index in [2.05, 4.69) is 16.4 Å². The molecule has 1 aliphatic carbocycles. The van der Waals surface area contributed by atoms with Crippen molar-refractivity contribution < 1.29 is 9.15 Å². The summed E-state index contributed by atoms with van der Waals surface area (Å²) in [5, 5.41) is 3.51. The summed E-state index contributed by atoms with van der Waals surface area (Å²) in [6, 6.07) is 6.29. The van der Waals surface area contributed by atoms with Crippen molar-refractivity contribution in [1.29, 1.82) is 0 Å². The van der Waals surface area contributed by atoms with Crippen LogP contribution in [0.3, 0.4) is 0 Å². The first-order valence-corrected chi connectivity index (χ1v) is 6.78. The van der Waals surface area contributed by atoms with Crippen LogP contribution in [0.4, 0.5) is 5.69 Å². The molecule has 19 heavy (non-hydrogen) atoms. The minimum atomic E-state index is 0.322. The molecule has 0 saturated carbocycles. The van der Waals surface area contributed by atoms with Crippen molar-refractivity contribution in [2.24, 2.45) is 0 Å². The second-order valence-electron chi connectivity index (χ2n) is 4.71. The number of hydrogen-bond donors (Lipinski definition) is 1. The minimum Gasteiger partial charge on any atom is -0.478 e. The van der Waals surface area contributed by atoms with Gasteiger partial charge in [-0.15, -0.1) is 0 Å². The number of aromatic nitrogens is 1. The highest BCUT2D eigenvalue weighted by Gasteiger charge is 2.22. The largest absolute Gasteiger partial charge is 0.478 e. The number of aryl methyl sites for hydroxylation is 1. The molecule has 0 aliphatic heterocycles. The molecule has 0 saturated heterocycles.